The van der Waals surface area contributed by atoms with E-state index in [1.807, 2.05) is 12.1 Å². The summed E-state index contributed by atoms with van der Waals surface area (Å²) in [6.07, 6.45) is 8.20. The molecule has 0 bridgehead atoms. The fourth-order valence-corrected chi connectivity index (χ4v) is 1.90. The zero-order valence-corrected chi connectivity index (χ0v) is 8.23. The summed E-state index contributed by atoms with van der Waals surface area (Å²) >= 11 is 0. The molecular weight excluding hydrogens is 176 g/mol. The van der Waals surface area contributed by atoms with Gasteiger partial charge in [0.2, 0.25) is 0 Å². The van der Waals surface area contributed by atoms with Gasteiger partial charge in [0.15, 0.2) is 0 Å². The van der Waals surface area contributed by atoms with Crippen molar-refractivity contribution in [3.63, 3.8) is 0 Å². The molecule has 0 spiro atoms. The van der Waals surface area contributed by atoms with Crippen molar-refractivity contribution in [1.82, 2.24) is 4.98 Å². The summed E-state index contributed by atoms with van der Waals surface area (Å²) < 4.78 is 5.81. The molecule has 14 heavy (non-hydrogen) atoms. The summed E-state index contributed by atoms with van der Waals surface area (Å²) in [7, 11) is 0. The van der Waals surface area contributed by atoms with Gasteiger partial charge in [0.25, 0.3) is 0 Å². The molecule has 1 aliphatic carbocycles. The zero-order chi connectivity index (χ0) is 9.80. The topological polar surface area (TPSA) is 48.1 Å². The molecule has 2 atom stereocenters. The Morgan fingerprint density at radius 2 is 2.07 bits per heavy atom. The average molecular weight is 192 g/mol. The first kappa shape index (κ1) is 9.46. The number of nitrogens with zero attached hydrogens (tertiary/aromatic N) is 1. The van der Waals surface area contributed by atoms with Crippen molar-refractivity contribution in [3.8, 4) is 5.75 Å². The first-order valence-corrected chi connectivity index (χ1v) is 5.17. The van der Waals surface area contributed by atoms with Crippen LogP contribution in [0.15, 0.2) is 24.5 Å². The van der Waals surface area contributed by atoms with E-state index in [9.17, 15) is 0 Å². The van der Waals surface area contributed by atoms with Gasteiger partial charge in [-0.25, -0.2) is 0 Å². The molecule has 0 aliphatic heterocycles. The number of aromatic nitrogens is 1. The smallest absolute Gasteiger partial charge is 0.122 e. The van der Waals surface area contributed by atoms with Crippen LogP contribution in [0.4, 0.5) is 0 Å². The van der Waals surface area contributed by atoms with E-state index in [0.717, 1.165) is 25.0 Å². The molecule has 1 aliphatic rings. The minimum absolute atomic E-state index is 0.293. The lowest BCUT2D eigenvalue weighted by Gasteiger charge is -2.27. The Balaban J connectivity index is 1.91. The van der Waals surface area contributed by atoms with Gasteiger partial charge < -0.3 is 10.5 Å². The second-order valence-corrected chi connectivity index (χ2v) is 3.85. The second kappa shape index (κ2) is 4.42. The molecule has 76 valence electrons. The Morgan fingerprint density at radius 1 is 1.29 bits per heavy atom. The Bertz CT molecular complexity index is 276. The highest BCUT2D eigenvalue weighted by molar-refractivity contribution is 5.17. The quantitative estimate of drug-likeness (QED) is 0.776. The van der Waals surface area contributed by atoms with E-state index >= 15 is 0 Å². The molecular formula is C11H16N2O. The Labute approximate surface area is 84.3 Å². The van der Waals surface area contributed by atoms with Gasteiger partial charge in [-0.1, -0.05) is 0 Å². The number of pyridine rings is 1. The molecule has 1 aromatic heterocycles. The fraction of sp³-hybridized carbons (Fsp3) is 0.545. The first-order chi connectivity index (χ1) is 6.84. The molecule has 1 fully saturated rings. The van der Waals surface area contributed by atoms with Gasteiger partial charge in [-0.3, -0.25) is 4.98 Å². The highest BCUT2D eigenvalue weighted by Gasteiger charge is 2.20. The molecule has 1 heterocycles. The Morgan fingerprint density at radius 3 is 2.79 bits per heavy atom. The molecule has 0 amide bonds. The Kier molecular flexibility index (Phi) is 2.99. The van der Waals surface area contributed by atoms with E-state index < -0.39 is 0 Å². The standard InChI is InChI=1S/C11H16N2O/c12-9-2-1-3-11(8-9)14-10-4-6-13-7-5-10/h4-7,9,11H,1-3,8,12H2. The molecule has 2 rings (SSSR count). The minimum atomic E-state index is 0.293. The first-order valence-electron chi connectivity index (χ1n) is 5.17. The van der Waals surface area contributed by atoms with Crippen molar-refractivity contribution >= 4 is 0 Å². The predicted octanol–water partition coefficient (Wildman–Crippen LogP) is 1.73. The van der Waals surface area contributed by atoms with Crippen LogP contribution in [0, 0.1) is 0 Å². The van der Waals surface area contributed by atoms with Crippen LogP contribution in [0.5, 0.6) is 5.75 Å². The minimum Gasteiger partial charge on any atom is -0.490 e. The summed E-state index contributed by atoms with van der Waals surface area (Å²) in [5.74, 6) is 0.902. The summed E-state index contributed by atoms with van der Waals surface area (Å²) in [5.41, 5.74) is 5.89. The second-order valence-electron chi connectivity index (χ2n) is 3.85. The van der Waals surface area contributed by atoms with Crippen LogP contribution >= 0.6 is 0 Å². The lowest BCUT2D eigenvalue weighted by Crippen LogP contribution is -2.33. The number of hydrogen-bond acceptors (Lipinski definition) is 3. The van der Waals surface area contributed by atoms with Crippen molar-refractivity contribution < 1.29 is 4.74 Å². The molecule has 2 N–H and O–H groups in total. The third kappa shape index (κ3) is 2.45. The third-order valence-corrected chi connectivity index (χ3v) is 2.62. The predicted molar refractivity (Wildman–Crippen MR) is 55.1 cm³/mol. The van der Waals surface area contributed by atoms with Crippen LogP contribution in [0.2, 0.25) is 0 Å². The monoisotopic (exact) mass is 192 g/mol. The highest BCUT2D eigenvalue weighted by atomic mass is 16.5. The summed E-state index contributed by atoms with van der Waals surface area (Å²) in [4.78, 5) is 3.95. The van der Waals surface area contributed by atoms with E-state index in [1.165, 1.54) is 6.42 Å². The molecule has 0 radical (unpaired) electrons. The van der Waals surface area contributed by atoms with E-state index in [2.05, 4.69) is 4.98 Å². The lowest BCUT2D eigenvalue weighted by atomic mass is 9.93. The maximum absolute atomic E-state index is 5.89. The molecule has 3 heteroatoms. The molecule has 1 saturated carbocycles. The number of ether oxygens (including phenoxy) is 1. The van der Waals surface area contributed by atoms with Crippen molar-refractivity contribution in [2.45, 2.75) is 37.8 Å². The van der Waals surface area contributed by atoms with E-state index in [-0.39, 0.29) is 0 Å². The molecule has 1 aromatic rings. The van der Waals surface area contributed by atoms with Gasteiger partial charge in [-0.05, 0) is 37.8 Å². The van der Waals surface area contributed by atoms with Gasteiger partial charge >= 0.3 is 0 Å². The zero-order valence-electron chi connectivity index (χ0n) is 8.23. The largest absolute Gasteiger partial charge is 0.490 e. The van der Waals surface area contributed by atoms with Gasteiger partial charge in [0, 0.05) is 18.4 Å². The van der Waals surface area contributed by atoms with Crippen molar-refractivity contribution in [2.24, 2.45) is 5.73 Å². The maximum atomic E-state index is 5.89. The number of hydrogen-bond donors (Lipinski definition) is 1. The van der Waals surface area contributed by atoms with Gasteiger partial charge in [-0.15, -0.1) is 0 Å². The van der Waals surface area contributed by atoms with Crippen LogP contribution in [0.25, 0.3) is 0 Å². The average Bonchev–Trinajstić information content (AvgIpc) is 2.19. The summed E-state index contributed by atoms with van der Waals surface area (Å²) in [6, 6.07) is 4.09. The van der Waals surface area contributed by atoms with Crippen molar-refractivity contribution in [3.05, 3.63) is 24.5 Å². The SMILES string of the molecule is NC1CCCC(Oc2ccncc2)C1. The Hall–Kier alpha value is -1.09. The normalized spacial score (nSPS) is 27.2. The molecule has 2 unspecified atom stereocenters. The third-order valence-electron chi connectivity index (χ3n) is 2.62. The van der Waals surface area contributed by atoms with Crippen molar-refractivity contribution in [1.29, 1.82) is 0 Å². The van der Waals surface area contributed by atoms with E-state index in [0.29, 0.717) is 12.1 Å². The molecule has 3 nitrogen and oxygen atoms in total. The van der Waals surface area contributed by atoms with E-state index in [4.69, 9.17) is 10.5 Å². The van der Waals surface area contributed by atoms with Crippen LogP contribution in [-0.2, 0) is 0 Å². The van der Waals surface area contributed by atoms with Crippen LogP contribution in [0.3, 0.4) is 0 Å². The van der Waals surface area contributed by atoms with Crippen LogP contribution in [0.1, 0.15) is 25.7 Å². The summed E-state index contributed by atoms with van der Waals surface area (Å²) in [6.45, 7) is 0. The molecule has 0 aromatic carbocycles. The highest BCUT2D eigenvalue weighted by Crippen LogP contribution is 2.22. The number of rotatable bonds is 2. The van der Waals surface area contributed by atoms with Crippen molar-refractivity contribution in [2.75, 3.05) is 0 Å². The summed E-state index contributed by atoms with van der Waals surface area (Å²) in [5, 5.41) is 0. The van der Waals surface area contributed by atoms with Gasteiger partial charge in [-0.2, -0.15) is 0 Å². The maximum Gasteiger partial charge on any atom is 0.122 e. The van der Waals surface area contributed by atoms with Gasteiger partial charge in [0.1, 0.15) is 11.9 Å². The van der Waals surface area contributed by atoms with E-state index in [1.54, 1.807) is 12.4 Å². The van der Waals surface area contributed by atoms with Crippen LogP contribution in [-0.4, -0.2) is 17.1 Å². The fourth-order valence-electron chi connectivity index (χ4n) is 1.90. The van der Waals surface area contributed by atoms with Crippen LogP contribution < -0.4 is 10.5 Å². The molecule has 0 saturated heterocycles. The lowest BCUT2D eigenvalue weighted by molar-refractivity contribution is 0.144. The van der Waals surface area contributed by atoms with Gasteiger partial charge in [0.05, 0.1) is 0 Å². The number of nitrogens with two attached hydrogens (primary N) is 1.